The molecule has 4 aromatic rings. The molecule has 0 saturated carbocycles. The van der Waals surface area contributed by atoms with Crippen LogP contribution in [0.1, 0.15) is 0 Å². The van der Waals surface area contributed by atoms with Crippen LogP contribution in [-0.4, -0.2) is 19.9 Å². The number of halogens is 2. The molecule has 1 N–H and O–H groups in total. The van der Waals surface area contributed by atoms with Crippen LogP contribution in [0, 0.1) is 0 Å². The smallest absolute Gasteiger partial charge is 0.157 e. The van der Waals surface area contributed by atoms with Gasteiger partial charge in [0.2, 0.25) is 0 Å². The Morgan fingerprint density at radius 1 is 0.652 bits per heavy atom. The lowest BCUT2D eigenvalue weighted by Crippen LogP contribution is -1.90. The first-order valence-corrected chi connectivity index (χ1v) is 6.74. The summed E-state index contributed by atoms with van der Waals surface area (Å²) in [6.45, 7) is 0. The van der Waals surface area contributed by atoms with Crippen molar-refractivity contribution < 1.29 is 0 Å². The van der Waals surface area contributed by atoms with Gasteiger partial charge in [0, 0.05) is 6.20 Å². The molecule has 23 heavy (non-hydrogen) atoms. The molecule has 0 saturated heterocycles. The van der Waals surface area contributed by atoms with Crippen molar-refractivity contribution in [3.8, 4) is 22.9 Å². The summed E-state index contributed by atoms with van der Waals surface area (Å²) < 4.78 is 0. The van der Waals surface area contributed by atoms with Crippen LogP contribution in [-0.2, 0) is 0 Å². The molecule has 116 valence electrons. The number of fused-ring (bicyclic) bond motifs is 1. The number of para-hydroxylation sites is 2. The number of rotatable bonds is 2. The van der Waals surface area contributed by atoms with Crippen molar-refractivity contribution in [2.45, 2.75) is 0 Å². The van der Waals surface area contributed by atoms with E-state index in [-0.39, 0.29) is 24.8 Å². The van der Waals surface area contributed by atoms with E-state index in [0.717, 1.165) is 33.9 Å². The molecule has 0 aliphatic rings. The van der Waals surface area contributed by atoms with Crippen molar-refractivity contribution in [3.05, 3.63) is 66.9 Å². The van der Waals surface area contributed by atoms with E-state index in [1.54, 1.807) is 6.20 Å². The lowest BCUT2D eigenvalue weighted by atomic mass is 10.2. The lowest BCUT2D eigenvalue weighted by molar-refractivity contribution is 1.21. The summed E-state index contributed by atoms with van der Waals surface area (Å²) in [5.74, 6) is 0.772. The molecule has 0 spiro atoms. The number of imidazole rings is 1. The van der Waals surface area contributed by atoms with Crippen LogP contribution in [0.25, 0.3) is 33.9 Å². The highest BCUT2D eigenvalue weighted by Gasteiger charge is 2.08. The molecule has 3 heterocycles. The number of benzene rings is 1. The van der Waals surface area contributed by atoms with Gasteiger partial charge in [-0.05, 0) is 36.4 Å². The number of nitrogens with zero attached hydrogens (tertiary/aromatic N) is 3. The van der Waals surface area contributed by atoms with Crippen LogP contribution in [0.4, 0.5) is 0 Å². The fourth-order valence-corrected chi connectivity index (χ4v) is 2.30. The van der Waals surface area contributed by atoms with E-state index in [2.05, 4.69) is 19.9 Å². The minimum Gasteiger partial charge on any atom is -0.337 e. The summed E-state index contributed by atoms with van der Waals surface area (Å²) in [5.41, 5.74) is 4.47. The fraction of sp³-hybridized carbons (Fsp3) is 0. The van der Waals surface area contributed by atoms with Crippen molar-refractivity contribution in [3.63, 3.8) is 0 Å². The predicted molar refractivity (Wildman–Crippen MR) is 97.1 cm³/mol. The Kier molecular flexibility index (Phi) is 5.32. The minimum atomic E-state index is 0. The van der Waals surface area contributed by atoms with Crippen LogP contribution in [0.2, 0.25) is 0 Å². The number of H-pyrrole nitrogens is 1. The van der Waals surface area contributed by atoms with E-state index in [9.17, 15) is 0 Å². The van der Waals surface area contributed by atoms with E-state index in [1.165, 1.54) is 0 Å². The monoisotopic (exact) mass is 344 g/mol. The van der Waals surface area contributed by atoms with Gasteiger partial charge in [-0.1, -0.05) is 24.3 Å². The van der Waals surface area contributed by atoms with Gasteiger partial charge in [-0.3, -0.25) is 4.98 Å². The predicted octanol–water partition coefficient (Wildman–Crippen LogP) is 4.53. The Morgan fingerprint density at radius 2 is 1.39 bits per heavy atom. The number of aromatic amines is 1. The van der Waals surface area contributed by atoms with Gasteiger partial charge in [0.1, 0.15) is 5.69 Å². The zero-order valence-electron chi connectivity index (χ0n) is 12.0. The van der Waals surface area contributed by atoms with Crippen LogP contribution in [0.5, 0.6) is 0 Å². The Balaban J connectivity index is 0.000000960. The molecule has 0 aliphatic carbocycles. The Bertz CT molecular complexity index is 874. The zero-order chi connectivity index (χ0) is 14.1. The summed E-state index contributed by atoms with van der Waals surface area (Å²) in [4.78, 5) is 16.9. The van der Waals surface area contributed by atoms with Gasteiger partial charge in [0.15, 0.2) is 5.82 Å². The largest absolute Gasteiger partial charge is 0.337 e. The molecule has 4 nitrogen and oxygen atoms in total. The molecule has 0 atom stereocenters. The number of pyridine rings is 2. The van der Waals surface area contributed by atoms with Gasteiger partial charge in [0.25, 0.3) is 0 Å². The quantitative estimate of drug-likeness (QED) is 0.581. The van der Waals surface area contributed by atoms with Crippen molar-refractivity contribution in [2.24, 2.45) is 0 Å². The van der Waals surface area contributed by atoms with Crippen molar-refractivity contribution in [1.82, 2.24) is 19.9 Å². The molecule has 0 bridgehead atoms. The van der Waals surface area contributed by atoms with E-state index < -0.39 is 0 Å². The third kappa shape index (κ3) is 3.33. The maximum Gasteiger partial charge on any atom is 0.157 e. The summed E-state index contributed by atoms with van der Waals surface area (Å²) in [6.07, 6.45) is 1.77. The molecule has 0 radical (unpaired) electrons. The average Bonchev–Trinajstić information content (AvgIpc) is 3.00. The molecule has 0 amide bonds. The van der Waals surface area contributed by atoms with Gasteiger partial charge in [-0.2, -0.15) is 0 Å². The van der Waals surface area contributed by atoms with Gasteiger partial charge in [-0.15, -0.1) is 24.8 Å². The SMILES string of the molecule is Cl.Cl.c1ccc(-c2cccc(-c3nc4ccccc4[nH]3)n2)nc1. The van der Waals surface area contributed by atoms with Crippen LogP contribution < -0.4 is 0 Å². The van der Waals surface area contributed by atoms with E-state index >= 15 is 0 Å². The molecule has 3 aromatic heterocycles. The Morgan fingerprint density at radius 3 is 2.17 bits per heavy atom. The summed E-state index contributed by atoms with van der Waals surface area (Å²) in [5, 5.41) is 0. The van der Waals surface area contributed by atoms with E-state index in [0.29, 0.717) is 0 Å². The average molecular weight is 345 g/mol. The van der Waals surface area contributed by atoms with Crippen molar-refractivity contribution in [2.75, 3.05) is 0 Å². The minimum absolute atomic E-state index is 0. The maximum absolute atomic E-state index is 4.65. The van der Waals surface area contributed by atoms with Gasteiger partial charge in [0.05, 0.1) is 22.4 Å². The van der Waals surface area contributed by atoms with Gasteiger partial charge >= 0.3 is 0 Å². The van der Waals surface area contributed by atoms with Gasteiger partial charge < -0.3 is 4.98 Å². The third-order valence-electron chi connectivity index (χ3n) is 3.31. The normalized spacial score (nSPS) is 9.91. The molecule has 0 fully saturated rings. The second-order valence-corrected chi connectivity index (χ2v) is 4.73. The molecule has 1 aromatic carbocycles. The fourth-order valence-electron chi connectivity index (χ4n) is 2.30. The first-order chi connectivity index (χ1) is 10.4. The number of nitrogens with one attached hydrogen (secondary N) is 1. The highest BCUT2D eigenvalue weighted by Crippen LogP contribution is 2.21. The second-order valence-electron chi connectivity index (χ2n) is 4.73. The molecule has 0 aliphatic heterocycles. The second kappa shape index (κ2) is 7.22. The molecule has 4 rings (SSSR count). The lowest BCUT2D eigenvalue weighted by Gasteiger charge is -2.01. The Hall–Kier alpha value is -2.43. The highest BCUT2D eigenvalue weighted by molar-refractivity contribution is 5.85. The van der Waals surface area contributed by atoms with Crippen molar-refractivity contribution in [1.29, 1.82) is 0 Å². The topological polar surface area (TPSA) is 54.5 Å². The molecular formula is C17H14Cl2N4. The molecule has 6 heteroatoms. The zero-order valence-corrected chi connectivity index (χ0v) is 13.6. The summed E-state index contributed by atoms with van der Waals surface area (Å²) in [7, 11) is 0. The Labute approximate surface area is 145 Å². The van der Waals surface area contributed by atoms with Crippen LogP contribution in [0.15, 0.2) is 66.9 Å². The first-order valence-electron chi connectivity index (χ1n) is 6.74. The summed E-state index contributed by atoms with van der Waals surface area (Å²) >= 11 is 0. The van der Waals surface area contributed by atoms with Gasteiger partial charge in [-0.25, -0.2) is 9.97 Å². The summed E-state index contributed by atoms with van der Waals surface area (Å²) in [6, 6.07) is 19.6. The number of hydrogen-bond acceptors (Lipinski definition) is 3. The maximum atomic E-state index is 4.65. The van der Waals surface area contributed by atoms with E-state index in [4.69, 9.17) is 0 Å². The first kappa shape index (κ1) is 16.9. The van der Waals surface area contributed by atoms with E-state index in [1.807, 2.05) is 60.7 Å². The number of aromatic nitrogens is 4. The van der Waals surface area contributed by atoms with Crippen molar-refractivity contribution >= 4 is 35.8 Å². The third-order valence-corrected chi connectivity index (χ3v) is 3.31. The molecular weight excluding hydrogens is 331 g/mol. The highest BCUT2D eigenvalue weighted by atomic mass is 35.5. The van der Waals surface area contributed by atoms with Crippen LogP contribution >= 0.6 is 24.8 Å². The number of hydrogen-bond donors (Lipinski definition) is 1. The van der Waals surface area contributed by atoms with Crippen LogP contribution in [0.3, 0.4) is 0 Å². The standard InChI is InChI=1S/C17H12N4.2ClH/c1-2-8-15-14(7-1)20-17(21-15)16-10-5-9-13(19-16)12-6-3-4-11-18-12;;/h1-11H,(H,20,21);2*1H. The molecule has 0 unspecified atom stereocenters.